The summed E-state index contributed by atoms with van der Waals surface area (Å²) < 4.78 is 0. The highest BCUT2D eigenvalue weighted by Crippen LogP contribution is 2.18. The van der Waals surface area contributed by atoms with Crippen molar-refractivity contribution in [3.05, 3.63) is 101 Å². The van der Waals surface area contributed by atoms with Gasteiger partial charge < -0.3 is 0 Å². The number of carbonyl (C=O) groups excluding carboxylic acids is 1. The highest BCUT2D eigenvalue weighted by atomic mass is 32.2. The van der Waals surface area contributed by atoms with Gasteiger partial charge in [0.2, 0.25) is 0 Å². The molecule has 0 atom stereocenters. The average Bonchev–Trinajstić information content (AvgIpc) is 2.70. The lowest BCUT2D eigenvalue weighted by Crippen LogP contribution is -2.17. The minimum absolute atomic E-state index is 0.228. The summed E-state index contributed by atoms with van der Waals surface area (Å²) in [5, 5.41) is 3.95. The smallest absolute Gasteiger partial charge is 0.267 e. The van der Waals surface area contributed by atoms with Gasteiger partial charge in [-0.1, -0.05) is 48.5 Å². The van der Waals surface area contributed by atoms with E-state index >= 15 is 0 Å². The maximum atomic E-state index is 12.1. The van der Waals surface area contributed by atoms with Crippen molar-refractivity contribution >= 4 is 23.9 Å². The highest BCUT2D eigenvalue weighted by Gasteiger charge is 2.04. The Hall–Kier alpha value is -2.92. The van der Waals surface area contributed by atoms with E-state index in [0.29, 0.717) is 5.56 Å². The van der Waals surface area contributed by atoms with Crippen molar-refractivity contribution in [2.75, 3.05) is 0 Å². The molecule has 3 rings (SSSR count). The van der Waals surface area contributed by atoms with Crippen LogP contribution in [0.3, 0.4) is 0 Å². The molecule has 0 aliphatic rings. The van der Waals surface area contributed by atoms with Crippen molar-refractivity contribution in [2.24, 2.45) is 5.10 Å². The van der Waals surface area contributed by atoms with E-state index in [0.717, 1.165) is 17.1 Å². The Morgan fingerprint density at radius 1 is 0.962 bits per heavy atom. The summed E-state index contributed by atoms with van der Waals surface area (Å²) in [6, 6.07) is 21.7. The molecule has 3 aromatic rings. The predicted octanol–water partition coefficient (Wildman–Crippen LogP) is 4.28. The Labute approximate surface area is 157 Å². The fourth-order valence-corrected chi connectivity index (χ4v) is 3.25. The fourth-order valence-electron chi connectivity index (χ4n) is 2.30. The molecule has 26 heavy (non-hydrogen) atoms. The van der Waals surface area contributed by atoms with Gasteiger partial charge >= 0.3 is 0 Å². The van der Waals surface area contributed by atoms with Gasteiger partial charge in [-0.15, -0.1) is 0 Å². The summed E-state index contributed by atoms with van der Waals surface area (Å²) in [5.74, 6) is 1.66. The van der Waals surface area contributed by atoms with E-state index in [1.807, 2.05) is 54.2 Å². The standard InChI is InChI=1S/C21H19N3OS/c25-21(24-23-14-19-7-4-12-22-13-19)20-10-8-18(9-11-20)16-26-15-17-5-2-1-3-6-17/h1-14H,15-16H2,(H,24,25)/b23-14-. The van der Waals surface area contributed by atoms with Crippen molar-refractivity contribution in [3.8, 4) is 0 Å². The number of hydrazone groups is 1. The SMILES string of the molecule is O=C(N/N=C\c1cccnc1)c1ccc(CSCc2ccccc2)cc1. The van der Waals surface area contributed by atoms with E-state index in [1.54, 1.807) is 18.6 Å². The summed E-state index contributed by atoms with van der Waals surface area (Å²) >= 11 is 1.86. The van der Waals surface area contributed by atoms with Gasteiger partial charge in [-0.05, 0) is 29.3 Å². The van der Waals surface area contributed by atoms with E-state index < -0.39 is 0 Å². The minimum atomic E-state index is -0.228. The molecule has 0 fully saturated rings. The normalized spacial score (nSPS) is 10.8. The van der Waals surface area contributed by atoms with E-state index in [9.17, 15) is 4.79 Å². The zero-order valence-corrected chi connectivity index (χ0v) is 15.0. The van der Waals surface area contributed by atoms with E-state index in [4.69, 9.17) is 0 Å². The lowest BCUT2D eigenvalue weighted by molar-refractivity contribution is 0.0955. The Kier molecular flexibility index (Phi) is 6.56. The molecule has 0 spiro atoms. The summed E-state index contributed by atoms with van der Waals surface area (Å²) in [4.78, 5) is 16.1. The van der Waals surface area contributed by atoms with Crippen molar-refractivity contribution in [1.82, 2.24) is 10.4 Å². The highest BCUT2D eigenvalue weighted by molar-refractivity contribution is 7.97. The maximum Gasteiger partial charge on any atom is 0.271 e. The van der Waals surface area contributed by atoms with Gasteiger partial charge in [-0.25, -0.2) is 5.43 Å². The number of carbonyl (C=O) groups is 1. The predicted molar refractivity (Wildman–Crippen MR) is 107 cm³/mol. The Balaban J connectivity index is 1.47. The van der Waals surface area contributed by atoms with Crippen molar-refractivity contribution < 1.29 is 4.79 Å². The number of rotatable bonds is 7. The first kappa shape index (κ1) is 17.9. The van der Waals surface area contributed by atoms with Crippen LogP contribution in [0.5, 0.6) is 0 Å². The Bertz CT molecular complexity index is 849. The van der Waals surface area contributed by atoms with Crippen LogP contribution in [0.2, 0.25) is 0 Å². The summed E-state index contributed by atoms with van der Waals surface area (Å²) in [7, 11) is 0. The zero-order chi connectivity index (χ0) is 18.0. The van der Waals surface area contributed by atoms with E-state index in [2.05, 4.69) is 39.8 Å². The van der Waals surface area contributed by atoms with Crippen LogP contribution in [0.15, 0.2) is 84.2 Å². The molecule has 0 bridgehead atoms. The maximum absolute atomic E-state index is 12.1. The number of nitrogens with zero attached hydrogens (tertiary/aromatic N) is 2. The van der Waals surface area contributed by atoms with Crippen molar-refractivity contribution in [1.29, 1.82) is 0 Å². The third kappa shape index (κ3) is 5.57. The molecule has 2 aromatic carbocycles. The molecular weight excluding hydrogens is 342 g/mol. The van der Waals surface area contributed by atoms with E-state index in [-0.39, 0.29) is 5.91 Å². The molecule has 0 saturated heterocycles. The van der Waals surface area contributed by atoms with Crippen LogP contribution in [0, 0.1) is 0 Å². The summed E-state index contributed by atoms with van der Waals surface area (Å²) in [6.07, 6.45) is 4.94. The number of nitrogens with one attached hydrogen (secondary N) is 1. The summed E-state index contributed by atoms with van der Waals surface area (Å²) in [5.41, 5.74) is 6.46. The first-order valence-corrected chi connectivity index (χ1v) is 9.41. The van der Waals surface area contributed by atoms with Gasteiger partial charge in [-0.2, -0.15) is 16.9 Å². The van der Waals surface area contributed by atoms with Crippen molar-refractivity contribution in [2.45, 2.75) is 11.5 Å². The molecule has 1 aromatic heterocycles. The molecule has 4 nitrogen and oxygen atoms in total. The van der Waals surface area contributed by atoms with Crippen LogP contribution in [-0.2, 0) is 11.5 Å². The number of thioether (sulfide) groups is 1. The van der Waals surface area contributed by atoms with Gasteiger partial charge in [0.25, 0.3) is 5.91 Å². The number of amides is 1. The number of pyridine rings is 1. The minimum Gasteiger partial charge on any atom is -0.267 e. The average molecular weight is 361 g/mol. The first-order chi connectivity index (χ1) is 12.8. The monoisotopic (exact) mass is 361 g/mol. The second kappa shape index (κ2) is 9.53. The van der Waals surface area contributed by atoms with Crippen molar-refractivity contribution in [3.63, 3.8) is 0 Å². The lowest BCUT2D eigenvalue weighted by Gasteiger charge is -2.04. The quantitative estimate of drug-likeness (QED) is 0.505. The molecule has 1 amide bonds. The van der Waals surface area contributed by atoms with Gasteiger partial charge in [0.05, 0.1) is 6.21 Å². The number of aromatic nitrogens is 1. The van der Waals surface area contributed by atoms with Crippen LogP contribution >= 0.6 is 11.8 Å². The second-order valence-corrected chi connectivity index (χ2v) is 6.65. The van der Waals surface area contributed by atoms with Gasteiger partial charge in [0.1, 0.15) is 0 Å². The molecule has 0 aliphatic carbocycles. The number of benzene rings is 2. The van der Waals surface area contributed by atoms with Crippen LogP contribution in [0.25, 0.3) is 0 Å². The molecule has 0 saturated carbocycles. The van der Waals surface area contributed by atoms with Crippen LogP contribution in [0.4, 0.5) is 0 Å². The lowest BCUT2D eigenvalue weighted by atomic mass is 10.1. The molecule has 0 unspecified atom stereocenters. The molecular formula is C21H19N3OS. The van der Waals surface area contributed by atoms with Crippen LogP contribution < -0.4 is 5.43 Å². The fraction of sp³-hybridized carbons (Fsp3) is 0.0952. The van der Waals surface area contributed by atoms with E-state index in [1.165, 1.54) is 11.1 Å². The summed E-state index contributed by atoms with van der Waals surface area (Å²) in [6.45, 7) is 0. The van der Waals surface area contributed by atoms with Crippen LogP contribution in [0.1, 0.15) is 27.0 Å². The Morgan fingerprint density at radius 2 is 1.69 bits per heavy atom. The second-order valence-electron chi connectivity index (χ2n) is 5.66. The zero-order valence-electron chi connectivity index (χ0n) is 14.2. The molecule has 1 heterocycles. The van der Waals surface area contributed by atoms with Gasteiger partial charge in [0, 0.05) is 35.0 Å². The largest absolute Gasteiger partial charge is 0.271 e. The molecule has 1 N–H and O–H groups in total. The first-order valence-electron chi connectivity index (χ1n) is 8.25. The molecule has 5 heteroatoms. The van der Waals surface area contributed by atoms with Gasteiger partial charge in [-0.3, -0.25) is 9.78 Å². The van der Waals surface area contributed by atoms with Crippen LogP contribution in [-0.4, -0.2) is 17.1 Å². The molecule has 0 radical (unpaired) electrons. The topological polar surface area (TPSA) is 54.4 Å². The Morgan fingerprint density at radius 3 is 2.38 bits per heavy atom. The van der Waals surface area contributed by atoms with Gasteiger partial charge in [0.15, 0.2) is 0 Å². The molecule has 0 aliphatic heterocycles. The number of hydrogen-bond acceptors (Lipinski definition) is 4. The number of hydrogen-bond donors (Lipinski definition) is 1. The third-order valence-electron chi connectivity index (χ3n) is 3.66. The molecule has 130 valence electrons. The third-order valence-corrected chi connectivity index (χ3v) is 4.74.